The normalized spacial score (nSPS) is 28.4. The molecule has 0 aliphatic carbocycles. The molecule has 4 nitrogen and oxygen atoms in total. The summed E-state index contributed by atoms with van der Waals surface area (Å²) in [4.78, 5) is 7.66. The SMILES string of the molecule is CCN1CCOC(CN2CCCN(CCBr)CC2)C1. The van der Waals surface area contributed by atoms with Gasteiger partial charge in [0.1, 0.15) is 0 Å². The van der Waals surface area contributed by atoms with Gasteiger partial charge in [0, 0.05) is 44.6 Å². The van der Waals surface area contributed by atoms with Crippen LogP contribution in [0.3, 0.4) is 0 Å². The van der Waals surface area contributed by atoms with E-state index in [0.717, 1.165) is 38.1 Å². The zero-order valence-electron chi connectivity index (χ0n) is 12.2. The molecular formula is C14H28BrN3O. The molecule has 19 heavy (non-hydrogen) atoms. The van der Waals surface area contributed by atoms with Crippen molar-refractivity contribution in [2.75, 3.05) is 70.8 Å². The summed E-state index contributed by atoms with van der Waals surface area (Å²) in [5.74, 6) is 0. The summed E-state index contributed by atoms with van der Waals surface area (Å²) in [5.41, 5.74) is 0. The molecule has 0 aromatic carbocycles. The van der Waals surface area contributed by atoms with E-state index in [0.29, 0.717) is 6.10 Å². The van der Waals surface area contributed by atoms with Crippen LogP contribution >= 0.6 is 15.9 Å². The Labute approximate surface area is 126 Å². The van der Waals surface area contributed by atoms with Crippen LogP contribution in [-0.2, 0) is 4.74 Å². The molecule has 2 aliphatic rings. The minimum atomic E-state index is 0.413. The third-order valence-electron chi connectivity index (χ3n) is 4.21. The molecule has 5 heteroatoms. The third kappa shape index (κ3) is 5.31. The Hall–Kier alpha value is 0.320. The van der Waals surface area contributed by atoms with Gasteiger partial charge < -0.3 is 9.64 Å². The fourth-order valence-corrected chi connectivity index (χ4v) is 3.52. The molecule has 0 saturated carbocycles. The Morgan fingerprint density at radius 2 is 1.84 bits per heavy atom. The molecule has 0 bridgehead atoms. The Morgan fingerprint density at radius 3 is 2.63 bits per heavy atom. The Bertz CT molecular complexity index is 255. The highest BCUT2D eigenvalue weighted by molar-refractivity contribution is 9.09. The first-order valence-corrected chi connectivity index (χ1v) is 8.78. The molecule has 1 unspecified atom stereocenters. The van der Waals surface area contributed by atoms with Crippen molar-refractivity contribution in [1.29, 1.82) is 0 Å². The van der Waals surface area contributed by atoms with Gasteiger partial charge >= 0.3 is 0 Å². The second-order valence-corrected chi connectivity index (χ2v) is 6.36. The summed E-state index contributed by atoms with van der Waals surface area (Å²) in [5, 5.41) is 1.09. The van der Waals surface area contributed by atoms with Crippen LogP contribution in [0.25, 0.3) is 0 Å². The monoisotopic (exact) mass is 333 g/mol. The fourth-order valence-electron chi connectivity index (χ4n) is 3.02. The summed E-state index contributed by atoms with van der Waals surface area (Å²) in [7, 11) is 0. The van der Waals surface area contributed by atoms with Gasteiger partial charge in [-0.15, -0.1) is 0 Å². The summed E-state index contributed by atoms with van der Waals surface area (Å²) >= 11 is 3.54. The van der Waals surface area contributed by atoms with E-state index in [-0.39, 0.29) is 0 Å². The second kappa shape index (κ2) is 8.57. The summed E-state index contributed by atoms with van der Waals surface area (Å²) in [6, 6.07) is 0. The lowest BCUT2D eigenvalue weighted by atomic mass is 10.2. The first kappa shape index (κ1) is 15.7. The molecule has 2 heterocycles. The number of nitrogens with zero attached hydrogens (tertiary/aromatic N) is 3. The van der Waals surface area contributed by atoms with Gasteiger partial charge in [-0.2, -0.15) is 0 Å². The van der Waals surface area contributed by atoms with Crippen LogP contribution in [0, 0.1) is 0 Å². The second-order valence-electron chi connectivity index (χ2n) is 5.57. The van der Waals surface area contributed by atoms with E-state index in [1.54, 1.807) is 0 Å². The van der Waals surface area contributed by atoms with Crippen molar-refractivity contribution in [2.24, 2.45) is 0 Å². The molecule has 2 saturated heterocycles. The zero-order valence-corrected chi connectivity index (χ0v) is 13.8. The number of halogens is 1. The van der Waals surface area contributed by atoms with Gasteiger partial charge in [-0.3, -0.25) is 9.80 Å². The average Bonchev–Trinajstić information content (AvgIpc) is 2.65. The van der Waals surface area contributed by atoms with Crippen LogP contribution in [0.5, 0.6) is 0 Å². The van der Waals surface area contributed by atoms with Crippen LogP contribution in [-0.4, -0.2) is 91.6 Å². The molecule has 0 N–H and O–H groups in total. The molecule has 0 aromatic heterocycles. The van der Waals surface area contributed by atoms with Crippen LogP contribution in [0.2, 0.25) is 0 Å². The smallest absolute Gasteiger partial charge is 0.0829 e. The van der Waals surface area contributed by atoms with Gasteiger partial charge in [-0.25, -0.2) is 0 Å². The van der Waals surface area contributed by atoms with E-state index < -0.39 is 0 Å². The fraction of sp³-hybridized carbons (Fsp3) is 1.00. The Morgan fingerprint density at radius 1 is 1.05 bits per heavy atom. The van der Waals surface area contributed by atoms with E-state index in [1.807, 2.05) is 0 Å². The molecule has 0 amide bonds. The lowest BCUT2D eigenvalue weighted by Crippen LogP contribution is -2.48. The quantitative estimate of drug-likeness (QED) is 0.701. The topological polar surface area (TPSA) is 19.0 Å². The van der Waals surface area contributed by atoms with Gasteiger partial charge in [-0.05, 0) is 26.1 Å². The number of rotatable bonds is 5. The van der Waals surface area contributed by atoms with Crippen molar-refractivity contribution in [3.05, 3.63) is 0 Å². The standard InChI is InChI=1S/C14H28BrN3O/c1-2-16-10-11-19-14(12-16)13-18-6-3-5-17(7-4-15)8-9-18/h14H,2-13H2,1H3. The minimum Gasteiger partial charge on any atom is -0.374 e. The lowest BCUT2D eigenvalue weighted by molar-refractivity contribution is -0.0413. The van der Waals surface area contributed by atoms with Crippen LogP contribution in [0.15, 0.2) is 0 Å². The summed E-state index contributed by atoms with van der Waals surface area (Å²) in [6.07, 6.45) is 1.70. The lowest BCUT2D eigenvalue weighted by Gasteiger charge is -2.35. The van der Waals surface area contributed by atoms with Crippen molar-refractivity contribution >= 4 is 15.9 Å². The average molecular weight is 334 g/mol. The Balaban J connectivity index is 1.73. The molecule has 0 radical (unpaired) electrons. The highest BCUT2D eigenvalue weighted by atomic mass is 79.9. The maximum Gasteiger partial charge on any atom is 0.0829 e. The molecule has 2 aliphatic heterocycles. The Kier molecular flexibility index (Phi) is 7.09. The van der Waals surface area contributed by atoms with Gasteiger partial charge in [-0.1, -0.05) is 22.9 Å². The van der Waals surface area contributed by atoms with Crippen LogP contribution in [0.1, 0.15) is 13.3 Å². The van der Waals surface area contributed by atoms with Crippen LogP contribution in [0.4, 0.5) is 0 Å². The number of morpholine rings is 1. The van der Waals surface area contributed by atoms with Gasteiger partial charge in [0.2, 0.25) is 0 Å². The largest absolute Gasteiger partial charge is 0.374 e. The minimum absolute atomic E-state index is 0.413. The highest BCUT2D eigenvalue weighted by Gasteiger charge is 2.23. The number of ether oxygens (including phenoxy) is 1. The molecule has 0 spiro atoms. The van der Waals surface area contributed by atoms with Gasteiger partial charge in [0.25, 0.3) is 0 Å². The molecule has 1 atom stereocenters. The predicted octanol–water partition coefficient (Wildman–Crippen LogP) is 1.11. The predicted molar refractivity (Wildman–Crippen MR) is 83.1 cm³/mol. The van der Waals surface area contributed by atoms with E-state index in [2.05, 4.69) is 37.6 Å². The van der Waals surface area contributed by atoms with Crippen molar-refractivity contribution in [2.45, 2.75) is 19.4 Å². The van der Waals surface area contributed by atoms with E-state index in [4.69, 9.17) is 4.74 Å². The van der Waals surface area contributed by atoms with Crippen LogP contribution < -0.4 is 0 Å². The summed E-state index contributed by atoms with van der Waals surface area (Å²) in [6.45, 7) is 13.7. The van der Waals surface area contributed by atoms with Gasteiger partial charge in [0.05, 0.1) is 12.7 Å². The number of alkyl halides is 1. The first-order chi connectivity index (χ1) is 9.31. The maximum absolute atomic E-state index is 5.92. The number of hydrogen-bond donors (Lipinski definition) is 0. The molecule has 112 valence electrons. The summed E-state index contributed by atoms with van der Waals surface area (Å²) < 4.78 is 5.92. The first-order valence-electron chi connectivity index (χ1n) is 7.66. The van der Waals surface area contributed by atoms with Crippen molar-refractivity contribution in [1.82, 2.24) is 14.7 Å². The molecular weight excluding hydrogens is 306 g/mol. The van der Waals surface area contributed by atoms with Crippen molar-refractivity contribution in [3.63, 3.8) is 0 Å². The highest BCUT2D eigenvalue weighted by Crippen LogP contribution is 2.09. The van der Waals surface area contributed by atoms with E-state index >= 15 is 0 Å². The molecule has 2 fully saturated rings. The number of hydrogen-bond acceptors (Lipinski definition) is 4. The van der Waals surface area contributed by atoms with E-state index in [1.165, 1.54) is 39.1 Å². The zero-order chi connectivity index (χ0) is 13.5. The third-order valence-corrected chi connectivity index (χ3v) is 4.57. The van der Waals surface area contributed by atoms with Crippen molar-refractivity contribution in [3.8, 4) is 0 Å². The van der Waals surface area contributed by atoms with Crippen molar-refractivity contribution < 1.29 is 4.74 Å². The maximum atomic E-state index is 5.92. The van der Waals surface area contributed by atoms with Gasteiger partial charge in [0.15, 0.2) is 0 Å². The van der Waals surface area contributed by atoms with E-state index in [9.17, 15) is 0 Å². The number of likely N-dealkylation sites (N-methyl/N-ethyl adjacent to an activating group) is 1. The molecule has 2 rings (SSSR count). The molecule has 0 aromatic rings.